The minimum atomic E-state index is -4.75. The van der Waals surface area contributed by atoms with E-state index in [0.29, 0.717) is 16.6 Å². The molecule has 206 valence electrons. The van der Waals surface area contributed by atoms with Gasteiger partial charge in [0.25, 0.3) is 10.0 Å². The molecule has 0 atom stereocenters. The molecule has 1 N–H and O–H groups in total. The quantitative estimate of drug-likeness (QED) is 0.219. The van der Waals surface area contributed by atoms with Crippen molar-refractivity contribution in [2.45, 2.75) is 37.3 Å². The third kappa shape index (κ3) is 5.44. The molecule has 0 aliphatic rings. The van der Waals surface area contributed by atoms with Crippen LogP contribution in [-0.2, 0) is 21.6 Å². The molecular formula is C30H25F4N3O2S. The molecule has 0 amide bonds. The van der Waals surface area contributed by atoms with Gasteiger partial charge in [0.15, 0.2) is 0 Å². The molecule has 0 fully saturated rings. The summed E-state index contributed by atoms with van der Waals surface area (Å²) in [6, 6.07) is 20.0. The number of fused-ring (bicyclic) bond motifs is 1. The predicted octanol–water partition coefficient (Wildman–Crippen LogP) is 7.95. The highest BCUT2D eigenvalue weighted by Gasteiger charge is 2.34. The number of rotatable bonds is 5. The van der Waals surface area contributed by atoms with Crippen molar-refractivity contribution < 1.29 is 26.0 Å². The van der Waals surface area contributed by atoms with E-state index < -0.39 is 27.6 Å². The lowest BCUT2D eigenvalue weighted by Crippen LogP contribution is -2.16. The van der Waals surface area contributed by atoms with Crippen molar-refractivity contribution in [1.82, 2.24) is 9.78 Å². The zero-order valence-electron chi connectivity index (χ0n) is 21.8. The Morgan fingerprint density at radius 3 is 2.12 bits per heavy atom. The average molecular weight is 568 g/mol. The smallest absolute Gasteiger partial charge is 0.280 e. The molecule has 0 aliphatic heterocycles. The van der Waals surface area contributed by atoms with Gasteiger partial charge in [0.2, 0.25) is 0 Å². The maximum absolute atomic E-state index is 14.2. The van der Waals surface area contributed by atoms with Crippen molar-refractivity contribution in [2.75, 3.05) is 4.72 Å². The molecule has 0 saturated heterocycles. The van der Waals surface area contributed by atoms with Gasteiger partial charge in [0.1, 0.15) is 5.82 Å². The number of sulfonamides is 1. The van der Waals surface area contributed by atoms with Crippen LogP contribution in [0.4, 0.5) is 23.2 Å². The van der Waals surface area contributed by atoms with E-state index in [4.69, 9.17) is 0 Å². The number of nitrogens with one attached hydrogen (secondary N) is 1. The summed E-state index contributed by atoms with van der Waals surface area (Å²) >= 11 is 0. The average Bonchev–Trinajstić information content (AvgIpc) is 3.31. The number of nitrogens with zero attached hydrogens (tertiary/aromatic N) is 2. The van der Waals surface area contributed by atoms with Gasteiger partial charge >= 0.3 is 6.18 Å². The normalized spacial score (nSPS) is 12.6. The monoisotopic (exact) mass is 567 g/mol. The number of benzene rings is 4. The molecule has 0 spiro atoms. The van der Waals surface area contributed by atoms with Crippen LogP contribution in [0.5, 0.6) is 0 Å². The van der Waals surface area contributed by atoms with E-state index in [1.165, 1.54) is 48.7 Å². The molecule has 4 aromatic carbocycles. The van der Waals surface area contributed by atoms with Crippen molar-refractivity contribution in [3.05, 3.63) is 108 Å². The minimum absolute atomic E-state index is 0.0539. The Hall–Kier alpha value is -4.18. The number of aromatic nitrogens is 2. The lowest BCUT2D eigenvalue weighted by Gasteiger charge is -2.19. The third-order valence-corrected chi connectivity index (χ3v) is 7.96. The van der Waals surface area contributed by atoms with Crippen LogP contribution in [0.3, 0.4) is 0 Å². The van der Waals surface area contributed by atoms with Crippen LogP contribution in [-0.4, -0.2) is 18.2 Å². The Morgan fingerprint density at radius 1 is 0.825 bits per heavy atom. The van der Waals surface area contributed by atoms with Gasteiger partial charge in [-0.1, -0.05) is 45.0 Å². The first-order valence-electron chi connectivity index (χ1n) is 12.3. The lowest BCUT2D eigenvalue weighted by atomic mass is 9.87. The maximum atomic E-state index is 14.2. The third-order valence-electron chi connectivity index (χ3n) is 6.56. The van der Waals surface area contributed by atoms with Gasteiger partial charge in [0, 0.05) is 11.1 Å². The second kappa shape index (κ2) is 9.78. The topological polar surface area (TPSA) is 64.0 Å². The highest BCUT2D eigenvalue weighted by molar-refractivity contribution is 7.92. The SMILES string of the molecule is CC(C)(C)c1ccc(S(=O)(=O)Nc2ccc(-c3ccc4c(cnn4-c4ccc(F)cc4)c3)c(C(F)(F)F)c2)cc1. The standard InChI is InChI=1S/C30H25F4N3O2S/c1-29(2,3)21-5-12-25(13-6-21)40(38,39)36-23-9-14-26(27(17-23)30(32,33)34)19-4-15-28-20(16-19)18-35-37(28)24-10-7-22(31)8-11-24/h4-18,36H,1-3H3. The van der Waals surface area contributed by atoms with Crippen LogP contribution in [0, 0.1) is 5.82 Å². The molecule has 0 bridgehead atoms. The first kappa shape index (κ1) is 27.4. The number of hydrogen-bond donors (Lipinski definition) is 1. The van der Waals surface area contributed by atoms with Crippen molar-refractivity contribution in [1.29, 1.82) is 0 Å². The van der Waals surface area contributed by atoms with Gasteiger partial charge in [-0.05, 0) is 82.8 Å². The minimum Gasteiger partial charge on any atom is -0.280 e. The second-order valence-electron chi connectivity index (χ2n) is 10.4. The number of alkyl halides is 3. The summed E-state index contributed by atoms with van der Waals surface area (Å²) in [5, 5.41) is 4.88. The molecule has 0 radical (unpaired) electrons. The summed E-state index contributed by atoms with van der Waals surface area (Å²) in [7, 11) is -4.12. The van der Waals surface area contributed by atoms with Crippen LogP contribution in [0.15, 0.2) is 96.0 Å². The van der Waals surface area contributed by atoms with Crippen LogP contribution >= 0.6 is 0 Å². The molecule has 40 heavy (non-hydrogen) atoms. The highest BCUT2D eigenvalue weighted by atomic mass is 32.2. The van der Waals surface area contributed by atoms with Crippen LogP contribution < -0.4 is 4.72 Å². The summed E-state index contributed by atoms with van der Waals surface area (Å²) < 4.78 is 85.6. The fourth-order valence-corrected chi connectivity index (χ4v) is 5.48. The Kier molecular flexibility index (Phi) is 6.70. The molecule has 0 saturated carbocycles. The van der Waals surface area contributed by atoms with Gasteiger partial charge in [-0.3, -0.25) is 4.72 Å². The van der Waals surface area contributed by atoms with E-state index in [1.54, 1.807) is 41.1 Å². The summed E-state index contributed by atoms with van der Waals surface area (Å²) in [5.41, 5.74) is 0.954. The molecule has 5 nitrogen and oxygen atoms in total. The zero-order chi connectivity index (χ0) is 28.9. The van der Waals surface area contributed by atoms with Gasteiger partial charge in [-0.2, -0.15) is 18.3 Å². The molecular weight excluding hydrogens is 542 g/mol. The number of hydrogen-bond acceptors (Lipinski definition) is 3. The summed E-state index contributed by atoms with van der Waals surface area (Å²) in [5.74, 6) is -0.397. The van der Waals surface area contributed by atoms with Crippen molar-refractivity contribution >= 4 is 26.6 Å². The summed E-state index contributed by atoms with van der Waals surface area (Å²) in [6.45, 7) is 5.97. The number of halogens is 4. The predicted molar refractivity (Wildman–Crippen MR) is 147 cm³/mol. The van der Waals surface area contributed by atoms with Gasteiger partial charge in [0.05, 0.1) is 27.9 Å². The van der Waals surface area contributed by atoms with E-state index in [9.17, 15) is 26.0 Å². The van der Waals surface area contributed by atoms with E-state index in [-0.39, 0.29) is 27.1 Å². The maximum Gasteiger partial charge on any atom is 0.417 e. The van der Waals surface area contributed by atoms with Gasteiger partial charge in [-0.15, -0.1) is 0 Å². The Balaban J connectivity index is 1.49. The Labute approximate surface area is 229 Å². The van der Waals surface area contributed by atoms with Crippen molar-refractivity contribution in [3.8, 4) is 16.8 Å². The molecule has 0 aliphatic carbocycles. The summed E-state index contributed by atoms with van der Waals surface area (Å²) in [4.78, 5) is -0.0539. The molecule has 10 heteroatoms. The fourth-order valence-electron chi connectivity index (χ4n) is 4.43. The van der Waals surface area contributed by atoms with Gasteiger partial charge < -0.3 is 0 Å². The second-order valence-corrected chi connectivity index (χ2v) is 12.1. The Morgan fingerprint density at radius 2 is 1.50 bits per heavy atom. The van der Waals surface area contributed by atoms with E-state index in [1.807, 2.05) is 20.8 Å². The van der Waals surface area contributed by atoms with Crippen LogP contribution in [0.25, 0.3) is 27.7 Å². The van der Waals surface area contributed by atoms with Crippen LogP contribution in [0.1, 0.15) is 31.9 Å². The first-order valence-corrected chi connectivity index (χ1v) is 13.8. The lowest BCUT2D eigenvalue weighted by molar-refractivity contribution is -0.137. The number of anilines is 1. The van der Waals surface area contributed by atoms with E-state index >= 15 is 0 Å². The largest absolute Gasteiger partial charge is 0.417 e. The first-order chi connectivity index (χ1) is 18.7. The van der Waals surface area contributed by atoms with E-state index in [2.05, 4.69) is 9.82 Å². The Bertz CT molecular complexity index is 1800. The summed E-state index contributed by atoms with van der Waals surface area (Å²) in [6.07, 6.45) is -3.23. The van der Waals surface area contributed by atoms with E-state index in [0.717, 1.165) is 11.6 Å². The zero-order valence-corrected chi connectivity index (χ0v) is 22.6. The highest BCUT2D eigenvalue weighted by Crippen LogP contribution is 2.40. The molecule has 5 rings (SSSR count). The van der Waals surface area contributed by atoms with Crippen molar-refractivity contribution in [3.63, 3.8) is 0 Å². The van der Waals surface area contributed by atoms with Crippen LogP contribution in [0.2, 0.25) is 0 Å². The molecule has 1 aromatic heterocycles. The van der Waals surface area contributed by atoms with Gasteiger partial charge in [-0.25, -0.2) is 17.5 Å². The molecule has 0 unspecified atom stereocenters. The van der Waals surface area contributed by atoms with Crippen molar-refractivity contribution in [2.24, 2.45) is 0 Å². The molecule has 5 aromatic rings. The molecule has 1 heterocycles. The fraction of sp³-hybridized carbons (Fsp3) is 0.167.